The molecule has 9 heteroatoms. The van der Waals surface area contributed by atoms with Crippen LogP contribution in [0.15, 0.2) is 42.1 Å². The first-order chi connectivity index (χ1) is 16.6. The maximum Gasteiger partial charge on any atom is 0.355 e. The Morgan fingerprint density at radius 2 is 2.09 bits per heavy atom. The highest BCUT2D eigenvalue weighted by atomic mass is 16.6. The highest BCUT2D eigenvalue weighted by Gasteiger charge is 2.68. The zero-order valence-electron chi connectivity index (χ0n) is 20.3. The number of nitrogens with one attached hydrogen (secondary N) is 1. The van der Waals surface area contributed by atoms with Crippen LogP contribution in [-0.2, 0) is 23.8 Å². The number of H-pyrrole nitrogens is 1. The minimum absolute atomic E-state index is 0.118. The molecule has 1 saturated carbocycles. The minimum Gasteiger partial charge on any atom is -0.479 e. The molecule has 0 spiro atoms. The number of carbonyl (C=O) groups is 3. The van der Waals surface area contributed by atoms with Crippen molar-refractivity contribution in [2.75, 3.05) is 7.11 Å². The summed E-state index contributed by atoms with van der Waals surface area (Å²) in [6, 6.07) is 3.31. The molecule has 3 N–H and O–H groups in total. The Hall–Kier alpha value is -2.75. The maximum absolute atomic E-state index is 12.8. The maximum atomic E-state index is 12.8. The van der Waals surface area contributed by atoms with Gasteiger partial charge in [-0.3, -0.25) is 0 Å². The SMILES string of the molecule is CO[C@@H](C[C@H]1C=C[C@H]2[C@H]3O[C@]1(/C(C)=C/[C@@H](C)C=O)[C@@H]2[C@H](O)[C@@H](C)[C@H]3OC(=O)c1ccc[nH]1)C(=O)O. The second kappa shape index (κ2) is 9.72. The zero-order valence-corrected chi connectivity index (χ0v) is 20.3. The number of aldehydes is 1. The number of hydrogen-bond acceptors (Lipinski definition) is 7. The van der Waals surface area contributed by atoms with Gasteiger partial charge in [0.1, 0.15) is 29.8 Å². The van der Waals surface area contributed by atoms with Crippen LogP contribution in [0, 0.1) is 29.6 Å². The largest absolute Gasteiger partial charge is 0.479 e. The highest BCUT2D eigenvalue weighted by Crippen LogP contribution is 2.61. The van der Waals surface area contributed by atoms with Crippen LogP contribution in [0.3, 0.4) is 0 Å². The van der Waals surface area contributed by atoms with E-state index in [1.165, 1.54) is 7.11 Å². The van der Waals surface area contributed by atoms with E-state index in [0.29, 0.717) is 5.69 Å². The third kappa shape index (κ3) is 4.15. The smallest absolute Gasteiger partial charge is 0.355 e. The standard InChI is InChI=1S/C26H33NO8/c1-13(12-28)10-14(2)26-16(11-19(33-4)24(30)31)7-8-17-20(26)21(29)15(3)22(23(17)35-26)34-25(32)18-6-5-9-27-18/h5-10,12-13,15-17,19-23,27,29H,11H2,1-4H3,(H,30,31)/b14-10+/t13-,15-,16-,17-,19+,20+,21-,22-,23-,26+/m1/s1. The summed E-state index contributed by atoms with van der Waals surface area (Å²) in [4.78, 5) is 38.8. The Morgan fingerprint density at radius 3 is 2.69 bits per heavy atom. The number of aromatic nitrogens is 1. The Bertz CT molecular complexity index is 1020. The van der Waals surface area contributed by atoms with Crippen molar-refractivity contribution in [3.05, 3.63) is 47.8 Å². The van der Waals surface area contributed by atoms with Crippen molar-refractivity contribution in [1.82, 2.24) is 4.98 Å². The summed E-state index contributed by atoms with van der Waals surface area (Å²) >= 11 is 0. The lowest BCUT2D eigenvalue weighted by atomic mass is 9.57. The van der Waals surface area contributed by atoms with Crippen LogP contribution in [-0.4, -0.2) is 70.5 Å². The van der Waals surface area contributed by atoms with Crippen LogP contribution < -0.4 is 0 Å². The Morgan fingerprint density at radius 1 is 1.34 bits per heavy atom. The molecule has 3 aliphatic rings. The van der Waals surface area contributed by atoms with Gasteiger partial charge in [0.05, 0.1) is 6.10 Å². The summed E-state index contributed by atoms with van der Waals surface area (Å²) < 4.78 is 17.9. The number of esters is 1. The molecule has 10 atom stereocenters. The zero-order chi connectivity index (χ0) is 25.5. The molecular weight excluding hydrogens is 454 g/mol. The number of carbonyl (C=O) groups excluding carboxylic acids is 2. The molecule has 0 unspecified atom stereocenters. The molecule has 190 valence electrons. The molecule has 1 aromatic heterocycles. The summed E-state index contributed by atoms with van der Waals surface area (Å²) in [7, 11) is 1.35. The molecule has 35 heavy (non-hydrogen) atoms. The van der Waals surface area contributed by atoms with E-state index in [-0.39, 0.29) is 12.3 Å². The van der Waals surface area contributed by atoms with Gasteiger partial charge in [-0.2, -0.15) is 0 Å². The third-order valence-electron chi connectivity index (χ3n) is 7.92. The van der Waals surface area contributed by atoms with Crippen LogP contribution in [0.4, 0.5) is 0 Å². The molecule has 2 fully saturated rings. The lowest BCUT2D eigenvalue weighted by Crippen LogP contribution is -2.57. The second-order valence-electron chi connectivity index (χ2n) is 9.92. The molecule has 2 heterocycles. The van der Waals surface area contributed by atoms with E-state index in [9.17, 15) is 24.6 Å². The van der Waals surface area contributed by atoms with Gasteiger partial charge < -0.3 is 34.2 Å². The normalized spacial score (nSPS) is 37.5. The van der Waals surface area contributed by atoms with Gasteiger partial charge in [0.2, 0.25) is 0 Å². The van der Waals surface area contributed by atoms with Gasteiger partial charge in [-0.05, 0) is 31.1 Å². The van der Waals surface area contributed by atoms with Crippen LogP contribution in [0.1, 0.15) is 37.7 Å². The average Bonchev–Trinajstić information content (AvgIpc) is 3.43. The summed E-state index contributed by atoms with van der Waals surface area (Å²) in [6.07, 6.45) is 5.01. The number of hydrogen-bond donors (Lipinski definition) is 3. The molecule has 2 aliphatic carbocycles. The molecule has 0 radical (unpaired) electrons. The van der Waals surface area contributed by atoms with Gasteiger partial charge >= 0.3 is 11.9 Å². The molecule has 1 saturated heterocycles. The van der Waals surface area contributed by atoms with E-state index in [2.05, 4.69) is 4.98 Å². The van der Waals surface area contributed by atoms with Gasteiger partial charge in [-0.15, -0.1) is 0 Å². The van der Waals surface area contributed by atoms with E-state index in [4.69, 9.17) is 14.2 Å². The summed E-state index contributed by atoms with van der Waals surface area (Å²) in [5.41, 5.74) is -0.0283. The Balaban J connectivity index is 1.76. The van der Waals surface area contributed by atoms with Gasteiger partial charge in [0.15, 0.2) is 6.10 Å². The number of aliphatic carboxylic acids is 1. The number of ether oxygens (including phenoxy) is 3. The number of rotatable bonds is 9. The van der Waals surface area contributed by atoms with Crippen molar-refractivity contribution in [1.29, 1.82) is 0 Å². The van der Waals surface area contributed by atoms with E-state index < -0.39 is 65.6 Å². The lowest BCUT2D eigenvalue weighted by molar-refractivity contribution is -0.151. The number of aliphatic hydroxyl groups is 1. The summed E-state index contributed by atoms with van der Waals surface area (Å²) in [5, 5.41) is 21.2. The summed E-state index contributed by atoms with van der Waals surface area (Å²) in [6.45, 7) is 5.44. The number of aromatic amines is 1. The van der Waals surface area contributed by atoms with E-state index in [0.717, 1.165) is 11.9 Å². The Kier molecular flexibility index (Phi) is 7.04. The van der Waals surface area contributed by atoms with Crippen LogP contribution in [0.5, 0.6) is 0 Å². The predicted octanol–water partition coefficient (Wildman–Crippen LogP) is 2.38. The van der Waals surface area contributed by atoms with Gasteiger partial charge in [-0.1, -0.05) is 32.1 Å². The fourth-order valence-corrected chi connectivity index (χ4v) is 6.24. The first-order valence-electron chi connectivity index (χ1n) is 11.9. The minimum atomic E-state index is -1.09. The van der Waals surface area contributed by atoms with Crippen molar-refractivity contribution in [3.8, 4) is 0 Å². The first kappa shape index (κ1) is 25.3. The van der Waals surface area contributed by atoms with Crippen molar-refractivity contribution >= 4 is 18.2 Å². The van der Waals surface area contributed by atoms with Crippen LogP contribution in [0.25, 0.3) is 0 Å². The molecule has 1 aliphatic heterocycles. The average molecular weight is 488 g/mol. The number of carboxylic acids is 1. The lowest BCUT2D eigenvalue weighted by Gasteiger charge is -2.48. The van der Waals surface area contributed by atoms with Gasteiger partial charge in [0.25, 0.3) is 0 Å². The monoisotopic (exact) mass is 487 g/mol. The molecule has 4 rings (SSSR count). The number of carboxylic acid groups (broad SMARTS) is 1. The predicted molar refractivity (Wildman–Crippen MR) is 124 cm³/mol. The highest BCUT2D eigenvalue weighted by molar-refractivity contribution is 5.87. The van der Waals surface area contributed by atoms with Crippen molar-refractivity contribution < 1.29 is 38.8 Å². The number of allylic oxidation sites excluding steroid dienone is 1. The van der Waals surface area contributed by atoms with Crippen molar-refractivity contribution in [3.63, 3.8) is 0 Å². The van der Waals surface area contributed by atoms with Gasteiger partial charge in [-0.25, -0.2) is 9.59 Å². The molecule has 4 bridgehead atoms. The van der Waals surface area contributed by atoms with E-state index >= 15 is 0 Å². The number of aliphatic hydroxyl groups excluding tert-OH is 1. The topological polar surface area (TPSA) is 135 Å². The first-order valence-corrected chi connectivity index (χ1v) is 11.9. The quantitative estimate of drug-likeness (QED) is 0.275. The van der Waals surface area contributed by atoms with Gasteiger partial charge in [0, 0.05) is 42.9 Å². The van der Waals surface area contributed by atoms with Crippen molar-refractivity contribution in [2.24, 2.45) is 29.6 Å². The van der Waals surface area contributed by atoms with Crippen LogP contribution in [0.2, 0.25) is 0 Å². The summed E-state index contributed by atoms with van der Waals surface area (Å²) in [5.74, 6) is -3.54. The molecule has 9 nitrogen and oxygen atoms in total. The second-order valence-corrected chi connectivity index (χ2v) is 9.92. The third-order valence-corrected chi connectivity index (χ3v) is 7.92. The van der Waals surface area contributed by atoms with Crippen LogP contribution >= 0.6 is 0 Å². The fourth-order valence-electron chi connectivity index (χ4n) is 6.24. The molecule has 0 aromatic carbocycles. The molecule has 0 amide bonds. The fraction of sp³-hybridized carbons (Fsp3) is 0.577. The van der Waals surface area contributed by atoms with Crippen molar-refractivity contribution in [2.45, 2.75) is 57.2 Å². The molecule has 1 aromatic rings. The molecular formula is C26H33NO8. The van der Waals surface area contributed by atoms with E-state index in [1.54, 1.807) is 31.3 Å². The number of methoxy groups -OCH3 is 1. The van der Waals surface area contributed by atoms with E-state index in [1.807, 2.05) is 26.0 Å². The Labute approximate surface area is 204 Å².